The van der Waals surface area contributed by atoms with Gasteiger partial charge in [0.05, 0.1) is 6.04 Å². The summed E-state index contributed by atoms with van der Waals surface area (Å²) in [5.74, 6) is 2.69. The molecule has 17 heavy (non-hydrogen) atoms. The molecule has 2 aliphatic rings. The van der Waals surface area contributed by atoms with Crippen LogP contribution >= 0.6 is 11.8 Å². The molecule has 6 heteroatoms. The number of hydrogen-bond donors (Lipinski definition) is 0. The molecule has 0 amide bonds. The van der Waals surface area contributed by atoms with Gasteiger partial charge in [-0.3, -0.25) is 4.90 Å². The summed E-state index contributed by atoms with van der Waals surface area (Å²) in [4.78, 5) is 2.21. The van der Waals surface area contributed by atoms with Crippen LogP contribution in [0.4, 0.5) is 0 Å². The molecule has 0 unspecified atom stereocenters. The molecule has 0 bridgehead atoms. The average molecular weight is 277 g/mol. The Labute approximate surface area is 108 Å². The van der Waals surface area contributed by atoms with E-state index >= 15 is 0 Å². The lowest BCUT2D eigenvalue weighted by atomic mass is 10.1. The third kappa shape index (κ3) is 2.80. The molecule has 0 aliphatic carbocycles. The van der Waals surface area contributed by atoms with E-state index in [1.54, 1.807) is 0 Å². The van der Waals surface area contributed by atoms with E-state index in [2.05, 4.69) is 18.7 Å². The minimum absolute atomic E-state index is 0.0200. The average Bonchev–Trinajstić information content (AvgIpc) is 2.29. The lowest BCUT2D eigenvalue weighted by Gasteiger charge is -2.37. The summed E-state index contributed by atoms with van der Waals surface area (Å²) in [5, 5.41) is 0. The molecule has 2 heterocycles. The van der Waals surface area contributed by atoms with E-state index in [9.17, 15) is 8.42 Å². The summed E-state index contributed by atoms with van der Waals surface area (Å²) in [6.45, 7) is 5.89. The number of likely N-dealkylation sites (N-methyl/N-ethyl adjacent to an activating group) is 1. The highest BCUT2D eigenvalue weighted by molar-refractivity contribution is 7.99. The van der Waals surface area contributed by atoms with E-state index < -0.39 is 10.1 Å². The quantitative estimate of drug-likeness (QED) is 0.731. The summed E-state index contributed by atoms with van der Waals surface area (Å²) >= 11 is 1.86. The highest BCUT2D eigenvalue weighted by atomic mass is 32.2. The van der Waals surface area contributed by atoms with Crippen molar-refractivity contribution in [1.82, 2.24) is 4.90 Å². The van der Waals surface area contributed by atoms with Crippen LogP contribution in [0.3, 0.4) is 0 Å². The molecule has 0 saturated heterocycles. The molecule has 0 aromatic carbocycles. The minimum atomic E-state index is -3.38. The Hall–Kier alpha value is -0.200. The Morgan fingerprint density at radius 2 is 2.12 bits per heavy atom. The predicted octanol–water partition coefficient (Wildman–Crippen LogP) is 1.45. The first-order chi connectivity index (χ1) is 8.07. The van der Waals surface area contributed by atoms with Gasteiger partial charge < -0.3 is 4.18 Å². The fourth-order valence-corrected chi connectivity index (χ4v) is 4.85. The van der Waals surface area contributed by atoms with Gasteiger partial charge in [-0.05, 0) is 18.7 Å². The lowest BCUT2D eigenvalue weighted by molar-refractivity contribution is 0.237. The second-order valence-electron chi connectivity index (χ2n) is 4.30. The highest BCUT2D eigenvalue weighted by Gasteiger charge is 2.37. The van der Waals surface area contributed by atoms with Gasteiger partial charge in [0.2, 0.25) is 0 Å². The Bertz CT molecular complexity index is 412. The summed E-state index contributed by atoms with van der Waals surface area (Å²) in [6, 6.07) is 0.0200. The second-order valence-corrected chi connectivity index (χ2v) is 7.02. The van der Waals surface area contributed by atoms with Gasteiger partial charge in [0, 0.05) is 17.9 Å². The van der Waals surface area contributed by atoms with Gasteiger partial charge in [0.15, 0.2) is 0 Å². The maximum absolute atomic E-state index is 11.8. The largest absolute Gasteiger partial charge is 0.387 e. The number of rotatable bonds is 3. The van der Waals surface area contributed by atoms with Crippen LogP contribution < -0.4 is 0 Å². The van der Waals surface area contributed by atoms with E-state index in [1.807, 2.05) is 11.8 Å². The molecule has 0 N–H and O–H groups in total. The van der Waals surface area contributed by atoms with Crippen LogP contribution in [0.25, 0.3) is 0 Å². The predicted molar refractivity (Wildman–Crippen MR) is 70.5 cm³/mol. The standard InChI is InChI=1S/C11H19NO3S2/c1-3-12(4-2)10-8-17(13,14)15-11-5-6-16-7-9(10)11/h10H,3-8H2,1-2H3/t10-/m0/s1. The van der Waals surface area contributed by atoms with Gasteiger partial charge in [0.25, 0.3) is 0 Å². The normalized spacial score (nSPS) is 27.8. The first-order valence-corrected chi connectivity index (χ1v) is 8.76. The second kappa shape index (κ2) is 5.20. The Morgan fingerprint density at radius 1 is 1.41 bits per heavy atom. The summed E-state index contributed by atoms with van der Waals surface area (Å²) in [7, 11) is -3.38. The molecule has 0 radical (unpaired) electrons. The molecule has 0 aromatic heterocycles. The molecule has 1 atom stereocenters. The van der Waals surface area contributed by atoms with Crippen LogP contribution in [-0.4, -0.2) is 49.7 Å². The van der Waals surface area contributed by atoms with Crippen LogP contribution in [0.5, 0.6) is 0 Å². The third-order valence-electron chi connectivity index (χ3n) is 3.33. The Morgan fingerprint density at radius 3 is 2.76 bits per heavy atom. The van der Waals surface area contributed by atoms with E-state index in [1.165, 1.54) is 5.57 Å². The maximum Gasteiger partial charge on any atom is 0.310 e. The summed E-state index contributed by atoms with van der Waals surface area (Å²) in [6.07, 6.45) is 0.747. The van der Waals surface area contributed by atoms with E-state index in [-0.39, 0.29) is 11.8 Å². The maximum atomic E-state index is 11.8. The first kappa shape index (κ1) is 13.2. The van der Waals surface area contributed by atoms with Crippen molar-refractivity contribution in [2.75, 3.05) is 30.3 Å². The molecule has 0 saturated carbocycles. The number of allylic oxidation sites excluding steroid dienone is 1. The van der Waals surface area contributed by atoms with Gasteiger partial charge in [0.1, 0.15) is 11.5 Å². The smallest absolute Gasteiger partial charge is 0.310 e. The zero-order chi connectivity index (χ0) is 12.5. The molecule has 2 rings (SSSR count). The van der Waals surface area contributed by atoms with Crippen LogP contribution in [0.15, 0.2) is 11.3 Å². The van der Waals surface area contributed by atoms with Crippen molar-refractivity contribution >= 4 is 21.9 Å². The SMILES string of the molecule is CCN(CC)[C@H]1CS(=O)(=O)OC2=C1CSCC2. The van der Waals surface area contributed by atoms with Gasteiger partial charge in [-0.2, -0.15) is 20.2 Å². The summed E-state index contributed by atoms with van der Waals surface area (Å²) < 4.78 is 28.7. The molecule has 0 spiro atoms. The van der Waals surface area contributed by atoms with E-state index in [0.29, 0.717) is 5.76 Å². The topological polar surface area (TPSA) is 46.6 Å². The van der Waals surface area contributed by atoms with E-state index in [4.69, 9.17) is 4.18 Å². The van der Waals surface area contributed by atoms with Crippen LogP contribution in [0, 0.1) is 0 Å². The van der Waals surface area contributed by atoms with Crippen molar-refractivity contribution in [1.29, 1.82) is 0 Å². The van der Waals surface area contributed by atoms with Crippen molar-refractivity contribution in [3.8, 4) is 0 Å². The summed E-state index contributed by atoms with van der Waals surface area (Å²) in [5.41, 5.74) is 1.19. The van der Waals surface area contributed by atoms with Crippen molar-refractivity contribution in [3.05, 3.63) is 11.3 Å². The molecule has 2 aliphatic heterocycles. The molecular weight excluding hydrogens is 258 g/mol. The fraction of sp³-hybridized carbons (Fsp3) is 0.818. The van der Waals surface area contributed by atoms with Crippen LogP contribution in [0.2, 0.25) is 0 Å². The van der Waals surface area contributed by atoms with Gasteiger partial charge in [-0.1, -0.05) is 13.8 Å². The number of thioether (sulfide) groups is 1. The van der Waals surface area contributed by atoms with Gasteiger partial charge in [-0.15, -0.1) is 0 Å². The zero-order valence-electron chi connectivity index (χ0n) is 10.3. The van der Waals surface area contributed by atoms with Crippen molar-refractivity contribution in [2.45, 2.75) is 26.3 Å². The number of nitrogens with zero attached hydrogens (tertiary/aromatic N) is 1. The van der Waals surface area contributed by atoms with E-state index in [0.717, 1.165) is 31.0 Å². The lowest BCUT2D eigenvalue weighted by Crippen LogP contribution is -2.46. The fourth-order valence-electron chi connectivity index (χ4n) is 2.44. The van der Waals surface area contributed by atoms with Crippen molar-refractivity contribution in [2.24, 2.45) is 0 Å². The molecule has 98 valence electrons. The monoisotopic (exact) mass is 277 g/mol. The Balaban J connectivity index is 2.34. The zero-order valence-corrected chi connectivity index (χ0v) is 11.9. The van der Waals surface area contributed by atoms with Crippen molar-refractivity contribution in [3.63, 3.8) is 0 Å². The van der Waals surface area contributed by atoms with Crippen LogP contribution in [-0.2, 0) is 14.3 Å². The molecule has 0 aromatic rings. The highest BCUT2D eigenvalue weighted by Crippen LogP contribution is 2.34. The van der Waals surface area contributed by atoms with Gasteiger partial charge in [-0.25, -0.2) is 0 Å². The first-order valence-electron chi connectivity index (χ1n) is 6.03. The Kier molecular flexibility index (Phi) is 4.05. The third-order valence-corrected chi connectivity index (χ3v) is 5.52. The number of hydrogen-bond acceptors (Lipinski definition) is 5. The minimum Gasteiger partial charge on any atom is -0.387 e. The molecule has 0 fully saturated rings. The molecule has 4 nitrogen and oxygen atoms in total. The molecular formula is C11H19NO3S2. The van der Waals surface area contributed by atoms with Crippen LogP contribution in [0.1, 0.15) is 20.3 Å². The van der Waals surface area contributed by atoms with Gasteiger partial charge >= 0.3 is 10.1 Å². The van der Waals surface area contributed by atoms with Crippen molar-refractivity contribution < 1.29 is 12.6 Å².